The predicted molar refractivity (Wildman–Crippen MR) is 144 cm³/mol. The standard InChI is InChI=1S/C30H32N2O6/c1-4-18-37-24-17-16-20(19-25(24)36-6-3)27-26-28(38-32(27)21-12-8-7-9-13-21)30(34)31(29(26)33)22-14-10-11-15-23(22)35-5-2/h7-17,19,26-28H,4-6,18H2,1-3H3. The number of amides is 2. The second kappa shape index (κ2) is 11.1. The molecule has 0 N–H and O–H groups in total. The maximum absolute atomic E-state index is 14.0. The van der Waals surface area contributed by atoms with Gasteiger partial charge in [0.1, 0.15) is 11.7 Å². The lowest BCUT2D eigenvalue weighted by Gasteiger charge is -2.29. The Morgan fingerprint density at radius 2 is 1.47 bits per heavy atom. The Hall–Kier alpha value is -4.04. The highest BCUT2D eigenvalue weighted by atomic mass is 16.7. The second-order valence-electron chi connectivity index (χ2n) is 9.06. The summed E-state index contributed by atoms with van der Waals surface area (Å²) in [6, 6.07) is 21.6. The summed E-state index contributed by atoms with van der Waals surface area (Å²) >= 11 is 0. The van der Waals surface area contributed by atoms with Gasteiger partial charge in [0.05, 0.1) is 37.2 Å². The number of rotatable bonds is 10. The highest BCUT2D eigenvalue weighted by Gasteiger charge is 2.60. The van der Waals surface area contributed by atoms with Crippen LogP contribution in [0.2, 0.25) is 0 Å². The number of benzene rings is 3. The molecule has 0 aromatic heterocycles. The molecule has 2 aliphatic rings. The normalized spacial score (nSPS) is 20.6. The van der Waals surface area contributed by atoms with Crippen LogP contribution in [0.15, 0.2) is 72.8 Å². The number of ether oxygens (including phenoxy) is 3. The van der Waals surface area contributed by atoms with E-state index in [0.29, 0.717) is 42.8 Å². The largest absolute Gasteiger partial charge is 0.492 e. The zero-order chi connectivity index (χ0) is 26.6. The molecule has 0 spiro atoms. The van der Waals surface area contributed by atoms with Gasteiger partial charge in [-0.15, -0.1) is 0 Å². The van der Waals surface area contributed by atoms with E-state index in [2.05, 4.69) is 0 Å². The zero-order valence-corrected chi connectivity index (χ0v) is 21.8. The number of fused-ring (bicyclic) bond motifs is 1. The summed E-state index contributed by atoms with van der Waals surface area (Å²) in [7, 11) is 0. The van der Waals surface area contributed by atoms with Crippen molar-refractivity contribution in [3.05, 3.63) is 78.4 Å². The summed E-state index contributed by atoms with van der Waals surface area (Å²) in [6.07, 6.45) is -0.112. The number of carbonyl (C=O) groups is 2. The smallest absolute Gasteiger partial charge is 0.266 e. The van der Waals surface area contributed by atoms with Gasteiger partial charge >= 0.3 is 0 Å². The van der Waals surface area contributed by atoms with Gasteiger partial charge in [-0.2, -0.15) is 0 Å². The molecule has 2 aliphatic heterocycles. The van der Waals surface area contributed by atoms with Gasteiger partial charge in [-0.05, 0) is 62.2 Å². The van der Waals surface area contributed by atoms with E-state index >= 15 is 0 Å². The molecule has 2 heterocycles. The summed E-state index contributed by atoms with van der Waals surface area (Å²) in [5.41, 5.74) is 1.96. The van der Waals surface area contributed by atoms with Gasteiger partial charge in [-0.25, -0.2) is 9.96 Å². The van der Waals surface area contributed by atoms with Gasteiger partial charge in [-0.1, -0.05) is 43.3 Å². The molecule has 3 atom stereocenters. The SMILES string of the molecule is CCCOc1ccc(C2C3C(=O)N(c4ccccc4OCC)C(=O)C3ON2c2ccccc2)cc1OCC. The third kappa shape index (κ3) is 4.56. The quantitative estimate of drug-likeness (QED) is 0.337. The van der Waals surface area contributed by atoms with Crippen molar-refractivity contribution in [2.24, 2.45) is 5.92 Å². The van der Waals surface area contributed by atoms with E-state index in [9.17, 15) is 9.59 Å². The van der Waals surface area contributed by atoms with Crippen LogP contribution in [-0.4, -0.2) is 37.7 Å². The lowest BCUT2D eigenvalue weighted by Crippen LogP contribution is -2.37. The van der Waals surface area contributed by atoms with Crippen molar-refractivity contribution >= 4 is 23.2 Å². The fraction of sp³-hybridized carbons (Fsp3) is 0.333. The van der Waals surface area contributed by atoms with Crippen molar-refractivity contribution in [1.29, 1.82) is 0 Å². The molecule has 8 nitrogen and oxygen atoms in total. The van der Waals surface area contributed by atoms with Crippen LogP contribution < -0.4 is 24.2 Å². The number of hydrogen-bond donors (Lipinski definition) is 0. The van der Waals surface area contributed by atoms with Crippen LogP contribution >= 0.6 is 0 Å². The first kappa shape index (κ1) is 25.6. The van der Waals surface area contributed by atoms with E-state index in [-0.39, 0.29) is 5.91 Å². The van der Waals surface area contributed by atoms with Gasteiger partial charge < -0.3 is 14.2 Å². The number of hydrogen-bond acceptors (Lipinski definition) is 7. The van der Waals surface area contributed by atoms with Gasteiger partial charge in [0.25, 0.3) is 5.91 Å². The molecular formula is C30H32N2O6. The Balaban J connectivity index is 1.58. The molecule has 0 aliphatic carbocycles. The number of para-hydroxylation sites is 3. The average Bonchev–Trinajstić information content (AvgIpc) is 3.45. The Labute approximate surface area is 222 Å². The molecule has 8 heteroatoms. The first-order valence-corrected chi connectivity index (χ1v) is 13.1. The molecule has 3 aromatic carbocycles. The van der Waals surface area contributed by atoms with Crippen LogP contribution in [0.5, 0.6) is 17.2 Å². The molecule has 2 fully saturated rings. The number of nitrogens with zero attached hydrogens (tertiary/aromatic N) is 2. The van der Waals surface area contributed by atoms with Crippen LogP contribution in [0.3, 0.4) is 0 Å². The third-order valence-corrected chi connectivity index (χ3v) is 6.60. The molecule has 0 saturated carbocycles. The molecule has 0 radical (unpaired) electrons. The van der Waals surface area contributed by atoms with Crippen molar-refractivity contribution in [3.8, 4) is 17.2 Å². The number of anilines is 2. The van der Waals surface area contributed by atoms with E-state index in [1.807, 2.05) is 75.4 Å². The monoisotopic (exact) mass is 516 g/mol. The van der Waals surface area contributed by atoms with Crippen LogP contribution in [0.25, 0.3) is 0 Å². The van der Waals surface area contributed by atoms with Crippen molar-refractivity contribution in [1.82, 2.24) is 0 Å². The minimum atomic E-state index is -0.978. The Morgan fingerprint density at radius 1 is 0.763 bits per heavy atom. The van der Waals surface area contributed by atoms with Crippen LogP contribution in [0.4, 0.5) is 11.4 Å². The number of hydroxylamine groups is 1. The summed E-state index contributed by atoms with van der Waals surface area (Å²) in [6.45, 7) is 7.25. The average molecular weight is 517 g/mol. The second-order valence-corrected chi connectivity index (χ2v) is 9.06. The molecule has 198 valence electrons. The molecule has 3 aromatic rings. The Morgan fingerprint density at radius 3 is 2.21 bits per heavy atom. The first-order chi connectivity index (χ1) is 18.6. The third-order valence-electron chi connectivity index (χ3n) is 6.60. The lowest BCUT2D eigenvalue weighted by atomic mass is 9.90. The topological polar surface area (TPSA) is 77.5 Å². The van der Waals surface area contributed by atoms with Gasteiger partial charge in [-0.3, -0.25) is 14.4 Å². The molecule has 2 amide bonds. The van der Waals surface area contributed by atoms with E-state index < -0.39 is 24.0 Å². The maximum atomic E-state index is 14.0. The highest BCUT2D eigenvalue weighted by molar-refractivity contribution is 6.24. The van der Waals surface area contributed by atoms with E-state index in [4.69, 9.17) is 19.0 Å². The van der Waals surface area contributed by atoms with Crippen molar-refractivity contribution in [2.75, 3.05) is 29.8 Å². The van der Waals surface area contributed by atoms with Crippen molar-refractivity contribution < 1.29 is 28.6 Å². The predicted octanol–water partition coefficient (Wildman–Crippen LogP) is 5.32. The molecule has 38 heavy (non-hydrogen) atoms. The van der Waals surface area contributed by atoms with Crippen molar-refractivity contribution in [2.45, 2.75) is 39.3 Å². The molecular weight excluding hydrogens is 484 g/mol. The van der Waals surface area contributed by atoms with Crippen LogP contribution in [-0.2, 0) is 14.4 Å². The Kier molecular flexibility index (Phi) is 7.51. The maximum Gasteiger partial charge on any atom is 0.266 e. The highest BCUT2D eigenvalue weighted by Crippen LogP contribution is 2.49. The van der Waals surface area contributed by atoms with Gasteiger partial charge in [0, 0.05) is 0 Å². The number of imide groups is 1. The summed E-state index contributed by atoms with van der Waals surface area (Å²) < 4.78 is 17.5. The van der Waals surface area contributed by atoms with Crippen LogP contribution in [0.1, 0.15) is 38.8 Å². The minimum Gasteiger partial charge on any atom is -0.492 e. The van der Waals surface area contributed by atoms with E-state index in [1.54, 1.807) is 23.3 Å². The van der Waals surface area contributed by atoms with Gasteiger partial charge in [0.15, 0.2) is 17.6 Å². The molecule has 2 saturated heterocycles. The van der Waals surface area contributed by atoms with Crippen LogP contribution in [0, 0.1) is 5.92 Å². The molecule has 5 rings (SSSR count). The fourth-order valence-corrected chi connectivity index (χ4v) is 5.02. The fourth-order valence-electron chi connectivity index (χ4n) is 5.02. The number of carbonyl (C=O) groups excluding carboxylic acids is 2. The first-order valence-electron chi connectivity index (χ1n) is 13.1. The zero-order valence-electron chi connectivity index (χ0n) is 21.8. The molecule has 0 bridgehead atoms. The Bertz CT molecular complexity index is 1300. The van der Waals surface area contributed by atoms with Gasteiger partial charge in [0.2, 0.25) is 5.91 Å². The minimum absolute atomic E-state index is 0.333. The van der Waals surface area contributed by atoms with E-state index in [0.717, 1.165) is 17.7 Å². The van der Waals surface area contributed by atoms with E-state index in [1.165, 1.54) is 4.90 Å². The summed E-state index contributed by atoms with van der Waals surface area (Å²) in [4.78, 5) is 35.2. The van der Waals surface area contributed by atoms with Crippen molar-refractivity contribution in [3.63, 3.8) is 0 Å². The summed E-state index contributed by atoms with van der Waals surface area (Å²) in [5.74, 6) is 0.187. The summed E-state index contributed by atoms with van der Waals surface area (Å²) in [5, 5.41) is 1.68. The lowest BCUT2D eigenvalue weighted by molar-refractivity contribution is -0.126. The molecule has 3 unspecified atom stereocenters.